The molecule has 0 radical (unpaired) electrons. The predicted molar refractivity (Wildman–Crippen MR) is 64.6 cm³/mol. The van der Waals surface area contributed by atoms with Gasteiger partial charge in [0.2, 0.25) is 0 Å². The van der Waals surface area contributed by atoms with Crippen molar-refractivity contribution in [1.29, 1.82) is 0 Å². The highest BCUT2D eigenvalue weighted by Gasteiger charge is 2.41. The highest BCUT2D eigenvalue weighted by atomic mass is 19.1. The summed E-state index contributed by atoms with van der Waals surface area (Å²) >= 11 is 0. The van der Waals surface area contributed by atoms with Crippen molar-refractivity contribution in [3.63, 3.8) is 0 Å². The Bertz CT molecular complexity index is 456. The van der Waals surface area contributed by atoms with Crippen LogP contribution in [0.3, 0.4) is 0 Å². The molecule has 1 aromatic rings. The molecule has 6 heteroatoms. The van der Waals surface area contributed by atoms with E-state index in [-0.39, 0.29) is 23.4 Å². The van der Waals surface area contributed by atoms with Crippen LogP contribution in [0.2, 0.25) is 0 Å². The molecule has 2 aliphatic rings. The molecule has 1 saturated carbocycles. The molecule has 1 aliphatic carbocycles. The third-order valence-corrected chi connectivity index (χ3v) is 3.59. The highest BCUT2D eigenvalue weighted by Crippen LogP contribution is 2.34. The van der Waals surface area contributed by atoms with Crippen LogP contribution in [0.1, 0.15) is 12.8 Å². The second-order valence-corrected chi connectivity index (χ2v) is 4.94. The van der Waals surface area contributed by atoms with Crippen LogP contribution < -0.4 is 9.80 Å². The topological polar surface area (TPSA) is 55.2 Å². The summed E-state index contributed by atoms with van der Waals surface area (Å²) in [6.07, 6.45) is 1.42. The largest absolute Gasteiger partial charge is 0.629 e. The van der Waals surface area contributed by atoms with E-state index in [1.807, 2.05) is 0 Å². The molecule has 104 valence electrons. The van der Waals surface area contributed by atoms with Crippen LogP contribution in [0.15, 0.2) is 18.2 Å². The number of hydrogen-bond acceptors (Lipinski definition) is 4. The maximum absolute atomic E-state index is 13.3. The van der Waals surface area contributed by atoms with Crippen molar-refractivity contribution >= 4 is 5.69 Å². The molecule has 3 rings (SSSR count). The zero-order valence-corrected chi connectivity index (χ0v) is 10.6. The standard InChI is InChI=1S/C13H16FNO4/c1-15(16)10-3-2-8(14)4-11(10)19-9-5-12-13(6-9)18-7-17-12/h2-4,9,12-13,15H,5-7H2,1H3/t9?,12-,13+. The molecular formula is C13H16FNO4. The average molecular weight is 269 g/mol. The monoisotopic (exact) mass is 269 g/mol. The Morgan fingerprint density at radius 1 is 1.32 bits per heavy atom. The molecule has 1 heterocycles. The fourth-order valence-electron chi connectivity index (χ4n) is 2.64. The molecule has 1 N–H and O–H groups in total. The van der Waals surface area contributed by atoms with Crippen LogP contribution >= 0.6 is 0 Å². The Labute approximate surface area is 110 Å². The maximum Gasteiger partial charge on any atom is 0.183 e. The van der Waals surface area contributed by atoms with Gasteiger partial charge in [-0.15, -0.1) is 0 Å². The van der Waals surface area contributed by atoms with Gasteiger partial charge < -0.3 is 24.5 Å². The lowest BCUT2D eigenvalue weighted by Crippen LogP contribution is -2.98. The summed E-state index contributed by atoms with van der Waals surface area (Å²) in [4.78, 5) is 0. The number of hydroxylamine groups is 1. The fraction of sp³-hybridized carbons (Fsp3) is 0.538. The number of hydrogen-bond donors (Lipinski definition) is 1. The molecule has 1 aromatic carbocycles. The lowest BCUT2D eigenvalue weighted by atomic mass is 10.2. The lowest BCUT2D eigenvalue weighted by molar-refractivity contribution is -0.751. The van der Waals surface area contributed by atoms with E-state index < -0.39 is 5.82 Å². The summed E-state index contributed by atoms with van der Waals surface area (Å²) in [5.41, 5.74) is 0.403. The summed E-state index contributed by atoms with van der Waals surface area (Å²) in [5, 5.41) is 11.4. The first kappa shape index (κ1) is 12.8. The van der Waals surface area contributed by atoms with Gasteiger partial charge in [0.15, 0.2) is 11.4 Å². The van der Waals surface area contributed by atoms with Gasteiger partial charge in [0.1, 0.15) is 18.7 Å². The number of fused-ring (bicyclic) bond motifs is 1. The minimum absolute atomic E-state index is 0.0549. The third kappa shape index (κ3) is 2.57. The van der Waals surface area contributed by atoms with E-state index in [1.54, 1.807) is 0 Å². The molecule has 5 nitrogen and oxygen atoms in total. The summed E-state index contributed by atoms with van der Waals surface area (Å²) in [7, 11) is 1.44. The second-order valence-electron chi connectivity index (χ2n) is 4.94. The number of benzene rings is 1. The summed E-state index contributed by atoms with van der Waals surface area (Å²) in [6.45, 7) is 0.334. The van der Waals surface area contributed by atoms with Crippen molar-refractivity contribution in [3.8, 4) is 5.75 Å². The van der Waals surface area contributed by atoms with E-state index >= 15 is 0 Å². The zero-order valence-electron chi connectivity index (χ0n) is 10.6. The SMILES string of the molecule is C[NH+]([O-])c1ccc(F)cc1OC1C[C@@H]2OCO[C@@H]2C1. The average Bonchev–Trinajstić information content (AvgIpc) is 2.89. The Hall–Kier alpha value is -1.21. The Morgan fingerprint density at radius 2 is 2.00 bits per heavy atom. The number of rotatable bonds is 3. The number of quaternary nitrogens is 1. The quantitative estimate of drug-likeness (QED) is 0.823. The predicted octanol–water partition coefficient (Wildman–Crippen LogP) is 0.752. The smallest absolute Gasteiger partial charge is 0.183 e. The third-order valence-electron chi connectivity index (χ3n) is 3.59. The van der Waals surface area contributed by atoms with Gasteiger partial charge in [0.05, 0.1) is 19.3 Å². The number of halogens is 1. The van der Waals surface area contributed by atoms with E-state index in [2.05, 4.69) is 0 Å². The molecule has 1 aliphatic heterocycles. The van der Waals surface area contributed by atoms with Gasteiger partial charge in [-0.25, -0.2) is 4.39 Å². The molecule has 0 amide bonds. The van der Waals surface area contributed by atoms with Crippen molar-refractivity contribution in [2.24, 2.45) is 0 Å². The fourth-order valence-corrected chi connectivity index (χ4v) is 2.64. The van der Waals surface area contributed by atoms with Gasteiger partial charge in [-0.05, 0) is 6.07 Å². The van der Waals surface area contributed by atoms with E-state index in [1.165, 1.54) is 25.2 Å². The van der Waals surface area contributed by atoms with Crippen molar-refractivity contribution in [2.75, 3.05) is 13.8 Å². The van der Waals surface area contributed by atoms with E-state index in [4.69, 9.17) is 14.2 Å². The van der Waals surface area contributed by atoms with Gasteiger partial charge in [-0.1, -0.05) is 0 Å². The van der Waals surface area contributed by atoms with E-state index in [0.29, 0.717) is 31.1 Å². The molecule has 0 aromatic heterocycles. The number of nitrogens with one attached hydrogen (secondary N) is 1. The Morgan fingerprint density at radius 3 is 2.63 bits per heavy atom. The van der Waals surface area contributed by atoms with E-state index in [9.17, 15) is 9.60 Å². The molecule has 1 saturated heterocycles. The highest BCUT2D eigenvalue weighted by molar-refractivity contribution is 5.46. The Balaban J connectivity index is 1.74. The van der Waals surface area contributed by atoms with Crippen molar-refractivity contribution in [3.05, 3.63) is 29.2 Å². The van der Waals surface area contributed by atoms with Crippen LogP contribution in [-0.4, -0.2) is 32.2 Å². The van der Waals surface area contributed by atoms with Gasteiger partial charge in [0, 0.05) is 25.0 Å². The molecule has 4 atom stereocenters. The van der Waals surface area contributed by atoms with Crippen LogP contribution in [-0.2, 0) is 9.47 Å². The summed E-state index contributed by atoms with van der Waals surface area (Å²) in [5.74, 6) is -0.108. The minimum Gasteiger partial charge on any atom is -0.629 e. The lowest BCUT2D eigenvalue weighted by Gasteiger charge is -2.21. The van der Waals surface area contributed by atoms with Gasteiger partial charge >= 0.3 is 0 Å². The van der Waals surface area contributed by atoms with Crippen LogP contribution in [0.5, 0.6) is 5.75 Å². The summed E-state index contributed by atoms with van der Waals surface area (Å²) < 4.78 is 29.8. The first-order valence-electron chi connectivity index (χ1n) is 6.34. The second kappa shape index (κ2) is 5.05. The normalized spacial score (nSPS) is 31.2. The first-order valence-corrected chi connectivity index (χ1v) is 6.34. The zero-order chi connectivity index (χ0) is 13.4. The maximum atomic E-state index is 13.3. The molecule has 19 heavy (non-hydrogen) atoms. The van der Waals surface area contributed by atoms with Gasteiger partial charge in [-0.2, -0.15) is 0 Å². The molecule has 2 unspecified atom stereocenters. The summed E-state index contributed by atoms with van der Waals surface area (Å²) in [6, 6.07) is 3.97. The van der Waals surface area contributed by atoms with Crippen molar-refractivity contribution in [1.82, 2.24) is 0 Å². The van der Waals surface area contributed by atoms with Gasteiger partial charge in [0.25, 0.3) is 0 Å². The minimum atomic E-state index is -0.411. The molecule has 2 fully saturated rings. The van der Waals surface area contributed by atoms with Gasteiger partial charge in [-0.3, -0.25) is 0 Å². The Kier molecular flexibility index (Phi) is 3.40. The molecular weight excluding hydrogens is 253 g/mol. The van der Waals surface area contributed by atoms with Crippen LogP contribution in [0, 0.1) is 11.0 Å². The van der Waals surface area contributed by atoms with Crippen LogP contribution in [0.4, 0.5) is 10.1 Å². The molecule has 0 bridgehead atoms. The van der Waals surface area contributed by atoms with E-state index in [0.717, 1.165) is 0 Å². The molecule has 0 spiro atoms. The first-order chi connectivity index (χ1) is 9.13. The van der Waals surface area contributed by atoms with Crippen molar-refractivity contribution in [2.45, 2.75) is 31.2 Å². The van der Waals surface area contributed by atoms with Crippen molar-refractivity contribution < 1.29 is 23.7 Å². The van der Waals surface area contributed by atoms with Crippen LogP contribution in [0.25, 0.3) is 0 Å². The number of ether oxygens (including phenoxy) is 3.